The fourth-order valence-corrected chi connectivity index (χ4v) is 2.60. The standard InChI is InChI=1S/C14H15N3O3S/c1-9(18)16-10(12-5-3-7-21-12)8-13(20)17-14-11(19)4-2-6-15-14/h2-7,10,19H,8H2,1H3,(H,16,18)(H,15,17,20). The van der Waals surface area contributed by atoms with Crippen molar-refractivity contribution in [3.63, 3.8) is 0 Å². The molecule has 1 unspecified atom stereocenters. The van der Waals surface area contributed by atoms with E-state index in [9.17, 15) is 14.7 Å². The Morgan fingerprint density at radius 2 is 2.19 bits per heavy atom. The van der Waals surface area contributed by atoms with Crippen LogP contribution in [-0.4, -0.2) is 21.9 Å². The van der Waals surface area contributed by atoms with Gasteiger partial charge in [0.25, 0.3) is 0 Å². The summed E-state index contributed by atoms with van der Waals surface area (Å²) >= 11 is 1.46. The summed E-state index contributed by atoms with van der Waals surface area (Å²) in [5.41, 5.74) is 0. The van der Waals surface area contributed by atoms with Crippen molar-refractivity contribution < 1.29 is 14.7 Å². The number of hydrogen-bond acceptors (Lipinski definition) is 5. The molecule has 6 nitrogen and oxygen atoms in total. The molecule has 0 aliphatic heterocycles. The first-order valence-electron chi connectivity index (χ1n) is 6.30. The highest BCUT2D eigenvalue weighted by Gasteiger charge is 2.19. The number of carbonyl (C=O) groups is 2. The third-order valence-corrected chi connectivity index (χ3v) is 3.68. The van der Waals surface area contributed by atoms with Gasteiger partial charge in [-0.05, 0) is 23.6 Å². The number of nitrogens with one attached hydrogen (secondary N) is 2. The van der Waals surface area contributed by atoms with Crippen LogP contribution in [0.2, 0.25) is 0 Å². The zero-order valence-electron chi connectivity index (χ0n) is 11.4. The fraction of sp³-hybridized carbons (Fsp3) is 0.214. The van der Waals surface area contributed by atoms with Crippen LogP contribution in [-0.2, 0) is 9.59 Å². The molecule has 2 heterocycles. The smallest absolute Gasteiger partial charge is 0.228 e. The van der Waals surface area contributed by atoms with Crippen LogP contribution in [0.1, 0.15) is 24.3 Å². The highest BCUT2D eigenvalue weighted by Crippen LogP contribution is 2.24. The number of thiophene rings is 1. The van der Waals surface area contributed by atoms with E-state index in [4.69, 9.17) is 0 Å². The molecule has 2 rings (SSSR count). The molecule has 0 radical (unpaired) electrons. The Labute approximate surface area is 125 Å². The Balaban J connectivity index is 2.05. The molecule has 0 fully saturated rings. The van der Waals surface area contributed by atoms with E-state index in [0.29, 0.717) is 0 Å². The van der Waals surface area contributed by atoms with Crippen LogP contribution in [0.25, 0.3) is 0 Å². The topological polar surface area (TPSA) is 91.3 Å². The van der Waals surface area contributed by atoms with Gasteiger partial charge in [0.05, 0.1) is 12.5 Å². The number of hydrogen-bond donors (Lipinski definition) is 3. The third-order valence-electron chi connectivity index (χ3n) is 2.70. The minimum absolute atomic E-state index is 0.0656. The number of nitrogens with zero attached hydrogens (tertiary/aromatic N) is 1. The quantitative estimate of drug-likeness (QED) is 0.788. The summed E-state index contributed by atoms with van der Waals surface area (Å²) < 4.78 is 0. The highest BCUT2D eigenvalue weighted by atomic mass is 32.1. The predicted molar refractivity (Wildman–Crippen MR) is 80.0 cm³/mol. The molecular weight excluding hydrogens is 290 g/mol. The molecule has 7 heteroatoms. The minimum atomic E-state index is -0.395. The first-order valence-corrected chi connectivity index (χ1v) is 7.18. The van der Waals surface area contributed by atoms with E-state index in [1.54, 1.807) is 6.07 Å². The van der Waals surface area contributed by atoms with Crippen LogP contribution in [0.4, 0.5) is 5.82 Å². The second-order valence-corrected chi connectivity index (χ2v) is 5.37. The zero-order valence-corrected chi connectivity index (χ0v) is 12.2. The SMILES string of the molecule is CC(=O)NC(CC(=O)Nc1ncccc1O)c1cccs1. The first kappa shape index (κ1) is 15.0. The molecule has 21 heavy (non-hydrogen) atoms. The van der Waals surface area contributed by atoms with Gasteiger partial charge in [0.15, 0.2) is 11.6 Å². The lowest BCUT2D eigenvalue weighted by molar-refractivity contribution is -0.120. The second-order valence-electron chi connectivity index (χ2n) is 4.39. The van der Waals surface area contributed by atoms with Crippen LogP contribution in [0.5, 0.6) is 5.75 Å². The van der Waals surface area contributed by atoms with E-state index in [1.165, 1.54) is 30.5 Å². The van der Waals surface area contributed by atoms with E-state index in [1.807, 2.05) is 17.5 Å². The largest absolute Gasteiger partial charge is 0.504 e. The number of aromatic hydroxyl groups is 1. The number of anilines is 1. The Kier molecular flexibility index (Phi) is 4.89. The highest BCUT2D eigenvalue weighted by molar-refractivity contribution is 7.10. The molecule has 2 amide bonds. The molecule has 2 aromatic heterocycles. The molecular formula is C14H15N3O3S. The summed E-state index contributed by atoms with van der Waals surface area (Å²) in [6.45, 7) is 1.41. The first-order chi connectivity index (χ1) is 10.1. The van der Waals surface area contributed by atoms with E-state index in [0.717, 1.165) is 4.88 Å². The van der Waals surface area contributed by atoms with Gasteiger partial charge in [0.1, 0.15) is 0 Å². The maximum atomic E-state index is 12.0. The second kappa shape index (κ2) is 6.85. The average Bonchev–Trinajstić information content (AvgIpc) is 2.94. The van der Waals surface area contributed by atoms with E-state index in [-0.39, 0.29) is 29.8 Å². The van der Waals surface area contributed by atoms with Crippen LogP contribution < -0.4 is 10.6 Å². The molecule has 2 aromatic rings. The summed E-state index contributed by atoms with van der Waals surface area (Å²) in [5.74, 6) is -0.536. The molecule has 3 N–H and O–H groups in total. The van der Waals surface area contributed by atoms with E-state index in [2.05, 4.69) is 15.6 Å². The zero-order chi connectivity index (χ0) is 15.2. The van der Waals surface area contributed by atoms with Crippen molar-refractivity contribution in [2.24, 2.45) is 0 Å². The molecule has 110 valence electrons. The normalized spacial score (nSPS) is 11.7. The van der Waals surface area contributed by atoms with E-state index >= 15 is 0 Å². The van der Waals surface area contributed by atoms with Gasteiger partial charge in [-0.1, -0.05) is 6.07 Å². The van der Waals surface area contributed by atoms with Gasteiger partial charge in [0, 0.05) is 18.0 Å². The van der Waals surface area contributed by atoms with Gasteiger partial charge in [-0.15, -0.1) is 11.3 Å². The predicted octanol–water partition coefficient (Wildman–Crippen LogP) is 2.05. The molecule has 0 bridgehead atoms. The Morgan fingerprint density at radius 1 is 1.38 bits per heavy atom. The lowest BCUT2D eigenvalue weighted by Gasteiger charge is -2.16. The average molecular weight is 305 g/mol. The third kappa shape index (κ3) is 4.28. The van der Waals surface area contributed by atoms with Crippen LogP contribution in [0, 0.1) is 0 Å². The number of amides is 2. The van der Waals surface area contributed by atoms with Gasteiger partial charge in [-0.25, -0.2) is 4.98 Å². The summed E-state index contributed by atoms with van der Waals surface area (Å²) in [5, 5.41) is 16.7. The molecule has 1 atom stereocenters. The molecule has 0 aliphatic rings. The maximum Gasteiger partial charge on any atom is 0.228 e. The van der Waals surface area contributed by atoms with Crippen molar-refractivity contribution in [2.45, 2.75) is 19.4 Å². The Morgan fingerprint density at radius 3 is 2.81 bits per heavy atom. The monoisotopic (exact) mass is 305 g/mol. The summed E-state index contributed by atoms with van der Waals surface area (Å²) in [4.78, 5) is 28.1. The fourth-order valence-electron chi connectivity index (χ4n) is 1.82. The van der Waals surface area contributed by atoms with Crippen molar-refractivity contribution in [1.82, 2.24) is 10.3 Å². The van der Waals surface area contributed by atoms with Crippen molar-refractivity contribution in [2.75, 3.05) is 5.32 Å². The maximum absolute atomic E-state index is 12.0. The van der Waals surface area contributed by atoms with Gasteiger partial charge < -0.3 is 15.7 Å². The lowest BCUT2D eigenvalue weighted by Crippen LogP contribution is -2.29. The lowest BCUT2D eigenvalue weighted by atomic mass is 10.1. The van der Waals surface area contributed by atoms with Gasteiger partial charge in [0.2, 0.25) is 11.8 Å². The Bertz CT molecular complexity index is 628. The molecule has 0 aromatic carbocycles. The van der Waals surface area contributed by atoms with Crippen molar-refractivity contribution >= 4 is 29.0 Å². The minimum Gasteiger partial charge on any atom is -0.504 e. The Hall–Kier alpha value is -2.41. The van der Waals surface area contributed by atoms with Gasteiger partial charge >= 0.3 is 0 Å². The van der Waals surface area contributed by atoms with E-state index < -0.39 is 6.04 Å². The summed E-state index contributed by atoms with van der Waals surface area (Å²) in [6, 6.07) is 6.33. The molecule has 0 saturated carbocycles. The van der Waals surface area contributed by atoms with Gasteiger partial charge in [-0.3, -0.25) is 9.59 Å². The van der Waals surface area contributed by atoms with Crippen LogP contribution in [0.15, 0.2) is 35.8 Å². The molecule has 0 saturated heterocycles. The molecule has 0 aliphatic carbocycles. The molecule has 0 spiro atoms. The van der Waals surface area contributed by atoms with Crippen molar-refractivity contribution in [3.8, 4) is 5.75 Å². The number of rotatable bonds is 5. The van der Waals surface area contributed by atoms with Crippen LogP contribution >= 0.6 is 11.3 Å². The van der Waals surface area contributed by atoms with Crippen molar-refractivity contribution in [1.29, 1.82) is 0 Å². The number of aromatic nitrogens is 1. The summed E-state index contributed by atoms with van der Waals surface area (Å²) in [6.07, 6.45) is 1.54. The summed E-state index contributed by atoms with van der Waals surface area (Å²) in [7, 11) is 0. The van der Waals surface area contributed by atoms with Crippen molar-refractivity contribution in [3.05, 3.63) is 40.7 Å². The number of pyridine rings is 1. The van der Waals surface area contributed by atoms with Gasteiger partial charge in [-0.2, -0.15) is 0 Å². The van der Waals surface area contributed by atoms with Crippen LogP contribution in [0.3, 0.4) is 0 Å². The number of carbonyl (C=O) groups excluding carboxylic acids is 2.